The molecule has 0 fully saturated rings. The molecule has 0 radical (unpaired) electrons. The van der Waals surface area contributed by atoms with Crippen molar-refractivity contribution in [2.24, 2.45) is 0 Å². The molecule has 128 valence electrons. The van der Waals surface area contributed by atoms with E-state index in [1.165, 1.54) is 11.8 Å². The van der Waals surface area contributed by atoms with E-state index in [4.69, 9.17) is 0 Å². The molecule has 3 rings (SSSR count). The van der Waals surface area contributed by atoms with Gasteiger partial charge >= 0.3 is 0 Å². The van der Waals surface area contributed by atoms with E-state index < -0.39 is 0 Å². The number of carbonyl (C=O) groups is 1. The molecule has 0 saturated carbocycles. The molecule has 1 aromatic carbocycles. The molecule has 0 saturated heterocycles. The molecule has 0 unspecified atom stereocenters. The molecule has 2 heterocycles. The molecular formula is C18H18N4O2S. The summed E-state index contributed by atoms with van der Waals surface area (Å²) in [7, 11) is 0. The van der Waals surface area contributed by atoms with Crippen LogP contribution in [0, 0.1) is 6.92 Å². The first-order valence-corrected chi connectivity index (χ1v) is 8.92. The van der Waals surface area contributed by atoms with Crippen LogP contribution < -0.4 is 10.9 Å². The van der Waals surface area contributed by atoms with E-state index in [0.717, 1.165) is 11.3 Å². The molecule has 0 aliphatic carbocycles. The molecule has 3 aromatic rings. The van der Waals surface area contributed by atoms with Gasteiger partial charge in [-0.2, -0.15) is 0 Å². The number of amides is 1. The van der Waals surface area contributed by atoms with Crippen LogP contribution in [0.4, 0.5) is 5.69 Å². The van der Waals surface area contributed by atoms with E-state index in [9.17, 15) is 9.59 Å². The maximum atomic E-state index is 12.5. The third-order valence-electron chi connectivity index (χ3n) is 3.65. The Morgan fingerprint density at radius 1 is 1.28 bits per heavy atom. The van der Waals surface area contributed by atoms with Crippen LogP contribution in [0.1, 0.15) is 12.5 Å². The van der Waals surface area contributed by atoms with Crippen molar-refractivity contribution < 1.29 is 4.79 Å². The van der Waals surface area contributed by atoms with Crippen molar-refractivity contribution in [3.8, 4) is 0 Å². The van der Waals surface area contributed by atoms with Crippen LogP contribution in [0.3, 0.4) is 0 Å². The number of aromatic nitrogens is 3. The SMILES string of the molecule is CCn1c(SCC(=O)Nc2cccc(C)c2)nc2ncccc2c1=O. The summed E-state index contributed by atoms with van der Waals surface area (Å²) in [6, 6.07) is 11.0. The highest BCUT2D eigenvalue weighted by molar-refractivity contribution is 7.99. The minimum Gasteiger partial charge on any atom is -0.325 e. The van der Waals surface area contributed by atoms with Crippen LogP contribution >= 0.6 is 11.8 Å². The van der Waals surface area contributed by atoms with Crippen molar-refractivity contribution >= 4 is 34.4 Å². The smallest absolute Gasteiger partial charge is 0.263 e. The van der Waals surface area contributed by atoms with Gasteiger partial charge in [0.15, 0.2) is 10.8 Å². The largest absolute Gasteiger partial charge is 0.325 e. The summed E-state index contributed by atoms with van der Waals surface area (Å²) >= 11 is 1.23. The molecule has 2 aromatic heterocycles. The highest BCUT2D eigenvalue weighted by Gasteiger charge is 2.13. The predicted octanol–water partition coefficient (Wildman–Crippen LogP) is 2.85. The van der Waals surface area contributed by atoms with Gasteiger partial charge in [-0.1, -0.05) is 23.9 Å². The Bertz CT molecular complexity index is 984. The van der Waals surface area contributed by atoms with Crippen molar-refractivity contribution in [3.05, 3.63) is 58.5 Å². The Morgan fingerprint density at radius 3 is 2.88 bits per heavy atom. The molecule has 0 atom stereocenters. The van der Waals surface area contributed by atoms with Gasteiger partial charge in [-0.05, 0) is 43.7 Å². The van der Waals surface area contributed by atoms with Crippen LogP contribution in [-0.4, -0.2) is 26.2 Å². The van der Waals surface area contributed by atoms with Crippen LogP contribution in [0.25, 0.3) is 11.0 Å². The second kappa shape index (κ2) is 7.48. The van der Waals surface area contributed by atoms with E-state index in [-0.39, 0.29) is 17.2 Å². The van der Waals surface area contributed by atoms with Crippen molar-refractivity contribution in [3.63, 3.8) is 0 Å². The highest BCUT2D eigenvalue weighted by atomic mass is 32.2. The Morgan fingerprint density at radius 2 is 2.12 bits per heavy atom. The van der Waals surface area contributed by atoms with Gasteiger partial charge < -0.3 is 5.32 Å². The monoisotopic (exact) mass is 354 g/mol. The number of carbonyl (C=O) groups excluding carboxylic acids is 1. The molecule has 0 bridgehead atoms. The first-order chi connectivity index (χ1) is 12.1. The first kappa shape index (κ1) is 17.2. The Hall–Kier alpha value is -2.67. The Kier molecular flexibility index (Phi) is 5.14. The van der Waals surface area contributed by atoms with Gasteiger partial charge in [0, 0.05) is 18.4 Å². The maximum absolute atomic E-state index is 12.5. The third-order valence-corrected chi connectivity index (χ3v) is 4.62. The number of aryl methyl sites for hydroxylation is 1. The molecule has 25 heavy (non-hydrogen) atoms. The number of benzene rings is 1. The zero-order valence-electron chi connectivity index (χ0n) is 14.0. The quantitative estimate of drug-likeness (QED) is 0.563. The van der Waals surface area contributed by atoms with Crippen molar-refractivity contribution in [1.82, 2.24) is 14.5 Å². The second-order valence-electron chi connectivity index (χ2n) is 5.52. The number of pyridine rings is 1. The number of rotatable bonds is 5. The maximum Gasteiger partial charge on any atom is 0.263 e. The third kappa shape index (κ3) is 3.88. The molecule has 0 aliphatic heterocycles. The Balaban J connectivity index is 1.78. The van der Waals surface area contributed by atoms with Crippen molar-refractivity contribution in [2.75, 3.05) is 11.1 Å². The van der Waals surface area contributed by atoms with E-state index in [1.807, 2.05) is 38.1 Å². The van der Waals surface area contributed by atoms with Gasteiger partial charge in [0.05, 0.1) is 11.1 Å². The van der Waals surface area contributed by atoms with Gasteiger partial charge in [-0.15, -0.1) is 0 Å². The minimum atomic E-state index is -0.145. The van der Waals surface area contributed by atoms with Gasteiger partial charge in [0.25, 0.3) is 5.56 Å². The standard InChI is InChI=1S/C18H18N4O2S/c1-3-22-17(24)14-8-5-9-19-16(14)21-18(22)25-11-15(23)20-13-7-4-6-12(2)10-13/h4-10H,3,11H2,1-2H3,(H,20,23). The first-order valence-electron chi connectivity index (χ1n) is 7.93. The summed E-state index contributed by atoms with van der Waals surface area (Å²) in [5, 5.41) is 3.83. The van der Waals surface area contributed by atoms with E-state index in [2.05, 4.69) is 15.3 Å². The summed E-state index contributed by atoms with van der Waals surface area (Å²) in [5.41, 5.74) is 2.10. The second-order valence-corrected chi connectivity index (χ2v) is 6.47. The molecular weight excluding hydrogens is 336 g/mol. The molecule has 0 aliphatic rings. The highest BCUT2D eigenvalue weighted by Crippen LogP contribution is 2.17. The number of hydrogen-bond acceptors (Lipinski definition) is 5. The van der Waals surface area contributed by atoms with Crippen LogP contribution in [-0.2, 0) is 11.3 Å². The predicted molar refractivity (Wildman–Crippen MR) is 100 cm³/mol. The summed E-state index contributed by atoms with van der Waals surface area (Å²) in [6.07, 6.45) is 1.60. The summed E-state index contributed by atoms with van der Waals surface area (Å²) < 4.78 is 1.56. The molecule has 1 amide bonds. The number of nitrogens with one attached hydrogen (secondary N) is 1. The lowest BCUT2D eigenvalue weighted by molar-refractivity contribution is -0.113. The van der Waals surface area contributed by atoms with E-state index >= 15 is 0 Å². The van der Waals surface area contributed by atoms with Crippen LogP contribution in [0.2, 0.25) is 0 Å². The summed E-state index contributed by atoms with van der Waals surface area (Å²) in [5.74, 6) is 0.0206. The number of thioether (sulfide) groups is 1. The molecule has 6 nitrogen and oxygen atoms in total. The average Bonchev–Trinajstić information content (AvgIpc) is 2.60. The topological polar surface area (TPSA) is 76.9 Å². The lowest BCUT2D eigenvalue weighted by Crippen LogP contribution is -2.23. The van der Waals surface area contributed by atoms with Crippen molar-refractivity contribution in [1.29, 1.82) is 0 Å². The lowest BCUT2D eigenvalue weighted by Gasteiger charge is -2.11. The normalized spacial score (nSPS) is 10.8. The number of fused-ring (bicyclic) bond motifs is 1. The fourth-order valence-electron chi connectivity index (χ4n) is 2.48. The zero-order valence-corrected chi connectivity index (χ0v) is 14.8. The molecule has 1 N–H and O–H groups in total. The number of hydrogen-bond donors (Lipinski definition) is 1. The fourth-order valence-corrected chi connectivity index (χ4v) is 3.33. The summed E-state index contributed by atoms with van der Waals surface area (Å²) in [6.45, 7) is 4.33. The van der Waals surface area contributed by atoms with Gasteiger partial charge in [-0.25, -0.2) is 9.97 Å². The molecule has 7 heteroatoms. The van der Waals surface area contributed by atoms with E-state index in [1.54, 1.807) is 22.9 Å². The van der Waals surface area contributed by atoms with Crippen LogP contribution in [0.15, 0.2) is 52.5 Å². The van der Waals surface area contributed by atoms with Gasteiger partial charge in [0.1, 0.15) is 0 Å². The van der Waals surface area contributed by atoms with Crippen molar-refractivity contribution in [2.45, 2.75) is 25.5 Å². The van der Waals surface area contributed by atoms with Gasteiger partial charge in [-0.3, -0.25) is 14.2 Å². The zero-order chi connectivity index (χ0) is 17.8. The van der Waals surface area contributed by atoms with Gasteiger partial charge in [0.2, 0.25) is 5.91 Å². The Labute approximate surface area is 149 Å². The van der Waals surface area contributed by atoms with E-state index in [0.29, 0.717) is 22.7 Å². The average molecular weight is 354 g/mol. The minimum absolute atomic E-state index is 0.137. The van der Waals surface area contributed by atoms with Crippen LogP contribution in [0.5, 0.6) is 0 Å². The number of nitrogens with zero attached hydrogens (tertiary/aromatic N) is 3. The molecule has 0 spiro atoms. The number of anilines is 1. The summed E-state index contributed by atoms with van der Waals surface area (Å²) in [4.78, 5) is 33.3. The fraction of sp³-hybridized carbons (Fsp3) is 0.222. The lowest BCUT2D eigenvalue weighted by atomic mass is 10.2.